The van der Waals surface area contributed by atoms with E-state index in [1.165, 1.54) is 20.3 Å². The van der Waals surface area contributed by atoms with Gasteiger partial charge in [0.2, 0.25) is 0 Å². The summed E-state index contributed by atoms with van der Waals surface area (Å²) in [7, 11) is 2.77. The Morgan fingerprint density at radius 2 is 1.87 bits per heavy atom. The predicted octanol–water partition coefficient (Wildman–Crippen LogP) is 3.63. The summed E-state index contributed by atoms with van der Waals surface area (Å²) in [5.41, 5.74) is 3.70. The first-order chi connectivity index (χ1) is 14.4. The number of ether oxygens (including phenoxy) is 2. The van der Waals surface area contributed by atoms with Gasteiger partial charge in [0.05, 0.1) is 31.6 Å². The highest BCUT2D eigenvalue weighted by Crippen LogP contribution is 2.44. The van der Waals surface area contributed by atoms with Crippen molar-refractivity contribution in [2.75, 3.05) is 24.9 Å². The number of ketones is 1. The van der Waals surface area contributed by atoms with Gasteiger partial charge in [0.15, 0.2) is 17.3 Å². The van der Waals surface area contributed by atoms with Crippen LogP contribution in [-0.4, -0.2) is 31.1 Å². The Hall–Kier alpha value is -3.48. The first-order valence-electron chi connectivity index (χ1n) is 9.79. The van der Waals surface area contributed by atoms with Crippen LogP contribution in [0.4, 0.5) is 11.4 Å². The molecule has 0 radical (unpaired) electrons. The van der Waals surface area contributed by atoms with Crippen molar-refractivity contribution in [3.8, 4) is 11.5 Å². The fraction of sp³-hybridized carbons (Fsp3) is 0.304. The zero-order chi connectivity index (χ0) is 21.4. The van der Waals surface area contributed by atoms with Crippen LogP contribution in [0.1, 0.15) is 24.9 Å². The molecule has 0 bridgehead atoms. The molecule has 0 amide bonds. The summed E-state index contributed by atoms with van der Waals surface area (Å²) in [5.74, 6) is -1.53. The molecule has 3 N–H and O–H groups in total. The first-order valence-corrected chi connectivity index (χ1v) is 9.79. The maximum absolute atomic E-state index is 13.6. The van der Waals surface area contributed by atoms with Crippen molar-refractivity contribution in [1.82, 2.24) is 0 Å². The van der Waals surface area contributed by atoms with Crippen LogP contribution in [0.2, 0.25) is 0 Å². The van der Waals surface area contributed by atoms with Gasteiger partial charge in [0, 0.05) is 11.3 Å². The number of Topliss-reactive ketones (excluding diaryl/α,β-unsaturated/α-hetero) is 1. The SMILES string of the molecule is COC(=O)[C@H]1C(=O)C2=C(C[C@H]1C)Nc1ccccc1N[C@@H]2c1ccc(O)c(OC)c1. The van der Waals surface area contributed by atoms with Crippen molar-refractivity contribution in [3.63, 3.8) is 0 Å². The molecule has 1 heterocycles. The zero-order valence-electron chi connectivity index (χ0n) is 17.1. The second kappa shape index (κ2) is 7.74. The van der Waals surface area contributed by atoms with Crippen LogP contribution in [-0.2, 0) is 14.3 Å². The minimum absolute atomic E-state index is 0.0126. The highest BCUT2D eigenvalue weighted by atomic mass is 16.5. The van der Waals surface area contributed by atoms with Gasteiger partial charge in [-0.15, -0.1) is 0 Å². The number of phenolic OH excluding ortho intramolecular Hbond substituents is 1. The normalized spacial score (nSPS) is 22.8. The summed E-state index contributed by atoms with van der Waals surface area (Å²) >= 11 is 0. The van der Waals surface area contributed by atoms with Crippen LogP contribution < -0.4 is 15.4 Å². The number of rotatable bonds is 3. The molecule has 156 valence electrons. The Labute approximate surface area is 174 Å². The maximum atomic E-state index is 13.6. The third-order valence-corrected chi connectivity index (χ3v) is 5.76. The third-order valence-electron chi connectivity index (χ3n) is 5.76. The molecule has 2 aromatic carbocycles. The molecule has 0 aromatic heterocycles. The molecule has 3 atom stereocenters. The van der Waals surface area contributed by atoms with Gasteiger partial charge in [-0.2, -0.15) is 0 Å². The van der Waals surface area contributed by atoms with Crippen LogP contribution >= 0.6 is 0 Å². The molecule has 0 unspecified atom stereocenters. The van der Waals surface area contributed by atoms with Crippen LogP contribution in [0, 0.1) is 11.8 Å². The number of methoxy groups -OCH3 is 2. The van der Waals surface area contributed by atoms with Crippen molar-refractivity contribution >= 4 is 23.1 Å². The minimum Gasteiger partial charge on any atom is -0.504 e. The summed E-state index contributed by atoms with van der Waals surface area (Å²) in [4.78, 5) is 26.0. The summed E-state index contributed by atoms with van der Waals surface area (Å²) in [6.07, 6.45) is 0.530. The summed E-state index contributed by atoms with van der Waals surface area (Å²) < 4.78 is 10.2. The molecule has 2 aliphatic rings. The number of allylic oxidation sites excluding steroid dienone is 1. The molecule has 7 heteroatoms. The van der Waals surface area contributed by atoms with Crippen LogP contribution in [0.15, 0.2) is 53.7 Å². The van der Waals surface area contributed by atoms with Gasteiger partial charge in [-0.05, 0) is 42.2 Å². The van der Waals surface area contributed by atoms with E-state index in [0.29, 0.717) is 17.7 Å². The number of hydrogen-bond acceptors (Lipinski definition) is 7. The van der Waals surface area contributed by atoms with Gasteiger partial charge in [-0.25, -0.2) is 0 Å². The van der Waals surface area contributed by atoms with Crippen molar-refractivity contribution in [3.05, 3.63) is 59.3 Å². The number of aromatic hydroxyl groups is 1. The van der Waals surface area contributed by atoms with Crippen molar-refractivity contribution in [2.24, 2.45) is 11.8 Å². The number of benzene rings is 2. The Kier molecular flexibility index (Phi) is 5.11. The summed E-state index contributed by atoms with van der Waals surface area (Å²) in [6.45, 7) is 1.88. The topological polar surface area (TPSA) is 96.9 Å². The monoisotopic (exact) mass is 408 g/mol. The molecule has 0 fully saturated rings. The number of nitrogens with one attached hydrogen (secondary N) is 2. The zero-order valence-corrected chi connectivity index (χ0v) is 17.1. The van der Waals surface area contributed by atoms with E-state index in [9.17, 15) is 14.7 Å². The number of phenols is 1. The number of hydrogen-bond donors (Lipinski definition) is 3. The molecule has 1 aliphatic carbocycles. The molecular weight excluding hydrogens is 384 g/mol. The standard InChI is InChI=1S/C23H24N2O5/c1-12-10-16-20(22(27)19(12)23(28)30-3)21(13-8-9-17(26)18(11-13)29-2)25-15-7-5-4-6-14(15)24-16/h4-9,11-12,19,21,24-26H,10H2,1-3H3/t12-,19-,21-/m1/s1. The largest absolute Gasteiger partial charge is 0.504 e. The second-order valence-corrected chi connectivity index (χ2v) is 7.62. The lowest BCUT2D eigenvalue weighted by molar-refractivity contribution is -0.151. The van der Waals surface area contributed by atoms with Gasteiger partial charge >= 0.3 is 5.97 Å². The molecule has 30 heavy (non-hydrogen) atoms. The number of anilines is 2. The molecule has 0 saturated heterocycles. The van der Waals surface area contributed by atoms with Gasteiger partial charge < -0.3 is 25.2 Å². The molecular formula is C23H24N2O5. The quantitative estimate of drug-likeness (QED) is 0.527. The highest BCUT2D eigenvalue weighted by Gasteiger charge is 2.44. The van der Waals surface area contributed by atoms with Crippen LogP contribution in [0.5, 0.6) is 11.5 Å². The predicted molar refractivity (Wildman–Crippen MR) is 112 cm³/mol. The second-order valence-electron chi connectivity index (χ2n) is 7.62. The van der Waals surface area contributed by atoms with Gasteiger partial charge in [-0.3, -0.25) is 9.59 Å². The number of carbonyl (C=O) groups is 2. The smallest absolute Gasteiger partial charge is 0.316 e. The minimum atomic E-state index is -0.861. The Morgan fingerprint density at radius 1 is 1.13 bits per heavy atom. The van der Waals surface area contributed by atoms with E-state index in [-0.39, 0.29) is 17.5 Å². The van der Waals surface area contributed by atoms with Crippen LogP contribution in [0.25, 0.3) is 0 Å². The van der Waals surface area contributed by atoms with Crippen LogP contribution in [0.3, 0.4) is 0 Å². The molecule has 1 aliphatic heterocycles. The fourth-order valence-corrected chi connectivity index (χ4v) is 4.26. The van der Waals surface area contributed by atoms with E-state index in [4.69, 9.17) is 9.47 Å². The molecule has 7 nitrogen and oxygen atoms in total. The molecule has 0 saturated carbocycles. The Bertz CT molecular complexity index is 1050. The van der Waals surface area contributed by atoms with E-state index in [1.54, 1.807) is 12.1 Å². The lowest BCUT2D eigenvalue weighted by Crippen LogP contribution is -2.39. The number of fused-ring (bicyclic) bond motifs is 1. The van der Waals surface area contributed by atoms with Gasteiger partial charge in [0.25, 0.3) is 0 Å². The maximum Gasteiger partial charge on any atom is 0.316 e. The van der Waals surface area contributed by atoms with E-state index in [1.807, 2.05) is 31.2 Å². The first kappa shape index (κ1) is 19.8. The van der Waals surface area contributed by atoms with E-state index in [0.717, 1.165) is 22.6 Å². The van der Waals surface area contributed by atoms with Crippen molar-refractivity contribution in [1.29, 1.82) is 0 Å². The third kappa shape index (κ3) is 3.26. The van der Waals surface area contributed by atoms with Crippen molar-refractivity contribution < 1.29 is 24.2 Å². The van der Waals surface area contributed by atoms with E-state index in [2.05, 4.69) is 10.6 Å². The van der Waals surface area contributed by atoms with E-state index < -0.39 is 17.9 Å². The average molecular weight is 408 g/mol. The van der Waals surface area contributed by atoms with E-state index >= 15 is 0 Å². The lowest BCUT2D eigenvalue weighted by atomic mass is 9.75. The average Bonchev–Trinajstić information content (AvgIpc) is 2.90. The van der Waals surface area contributed by atoms with Gasteiger partial charge in [-0.1, -0.05) is 25.1 Å². The molecule has 4 rings (SSSR count). The molecule has 2 aromatic rings. The number of para-hydroxylation sites is 2. The van der Waals surface area contributed by atoms with Gasteiger partial charge in [0.1, 0.15) is 5.92 Å². The molecule has 0 spiro atoms. The lowest BCUT2D eigenvalue weighted by Gasteiger charge is -2.32. The Balaban J connectivity index is 1.89. The highest BCUT2D eigenvalue weighted by molar-refractivity contribution is 6.11. The summed E-state index contributed by atoms with van der Waals surface area (Å²) in [6, 6.07) is 12.1. The Morgan fingerprint density at radius 3 is 2.57 bits per heavy atom. The fourth-order valence-electron chi connectivity index (χ4n) is 4.26. The van der Waals surface area contributed by atoms with Crippen molar-refractivity contribution in [2.45, 2.75) is 19.4 Å². The summed E-state index contributed by atoms with van der Waals surface area (Å²) in [5, 5.41) is 16.9. The number of carbonyl (C=O) groups excluding carboxylic acids is 2. The number of esters is 1.